The molecule has 0 spiro atoms. The van der Waals surface area contributed by atoms with Gasteiger partial charge in [-0.3, -0.25) is 4.68 Å². The van der Waals surface area contributed by atoms with Crippen LogP contribution in [0.2, 0.25) is 0 Å². The lowest BCUT2D eigenvalue weighted by molar-refractivity contribution is 0.372. The maximum absolute atomic E-state index is 11.5. The highest BCUT2D eigenvalue weighted by Crippen LogP contribution is 2.38. The highest BCUT2D eigenvalue weighted by molar-refractivity contribution is 8.13. The Hall–Kier alpha value is -1.41. The largest absolute Gasteiger partial charge is 0.339 e. The lowest BCUT2D eigenvalue weighted by atomic mass is 10.4. The van der Waals surface area contributed by atoms with Crippen LogP contribution in [-0.4, -0.2) is 28.3 Å². The Morgan fingerprint density at radius 1 is 1.40 bits per heavy atom. The molecule has 3 rings (SSSR count). The predicted molar refractivity (Wildman–Crippen MR) is 70.1 cm³/mol. The molecule has 0 amide bonds. The lowest BCUT2D eigenvalue weighted by Crippen LogP contribution is -2.06. The molecule has 7 nitrogen and oxygen atoms in total. The molecule has 0 unspecified atom stereocenters. The molecule has 2 heterocycles. The average molecular weight is 317 g/mol. The summed E-state index contributed by atoms with van der Waals surface area (Å²) >= 11 is 0. The third-order valence-electron chi connectivity index (χ3n) is 3.26. The predicted octanol–water partition coefficient (Wildman–Crippen LogP) is 1.74. The van der Waals surface area contributed by atoms with Crippen LogP contribution in [0.5, 0.6) is 0 Å². The van der Waals surface area contributed by atoms with E-state index < -0.39 is 9.05 Å². The standard InChI is InChI=1S/C11H13ClN4O3S/c1-6-10(20(12,17)18)7(2)16(14-6)5-9-13-11(19-15-9)8-3-4-8/h8H,3-5H2,1-2H3. The van der Waals surface area contributed by atoms with Gasteiger partial charge in [0, 0.05) is 16.6 Å². The highest BCUT2D eigenvalue weighted by Gasteiger charge is 2.30. The SMILES string of the molecule is Cc1nn(Cc2noc(C3CC3)n2)c(C)c1S(=O)(=O)Cl. The zero-order chi connectivity index (χ0) is 14.5. The second kappa shape index (κ2) is 4.56. The fraction of sp³-hybridized carbons (Fsp3) is 0.545. The Morgan fingerprint density at radius 2 is 2.10 bits per heavy atom. The molecule has 108 valence electrons. The van der Waals surface area contributed by atoms with Gasteiger partial charge in [-0.2, -0.15) is 10.1 Å². The Balaban J connectivity index is 1.90. The summed E-state index contributed by atoms with van der Waals surface area (Å²) < 4.78 is 29.7. The number of nitrogens with zero attached hydrogens (tertiary/aromatic N) is 4. The van der Waals surface area contributed by atoms with Gasteiger partial charge in [-0.15, -0.1) is 0 Å². The second-order valence-corrected chi connectivity index (χ2v) is 7.42. The Kier molecular flexibility index (Phi) is 3.09. The first-order chi connectivity index (χ1) is 9.36. The van der Waals surface area contributed by atoms with Crippen molar-refractivity contribution < 1.29 is 12.9 Å². The van der Waals surface area contributed by atoms with Gasteiger partial charge in [-0.25, -0.2) is 8.42 Å². The zero-order valence-electron chi connectivity index (χ0n) is 11.0. The third kappa shape index (κ3) is 2.45. The van der Waals surface area contributed by atoms with Gasteiger partial charge >= 0.3 is 0 Å². The van der Waals surface area contributed by atoms with E-state index in [2.05, 4.69) is 15.2 Å². The summed E-state index contributed by atoms with van der Waals surface area (Å²) in [5.41, 5.74) is 0.832. The van der Waals surface area contributed by atoms with Crippen LogP contribution in [0.1, 0.15) is 41.9 Å². The van der Waals surface area contributed by atoms with Crippen molar-refractivity contribution in [2.75, 3.05) is 0 Å². The van der Waals surface area contributed by atoms with Crippen LogP contribution in [0.15, 0.2) is 9.42 Å². The maximum Gasteiger partial charge on any atom is 0.264 e. The van der Waals surface area contributed by atoms with E-state index >= 15 is 0 Å². The summed E-state index contributed by atoms with van der Waals surface area (Å²) in [5, 5.41) is 8.06. The van der Waals surface area contributed by atoms with Crippen molar-refractivity contribution in [1.82, 2.24) is 19.9 Å². The van der Waals surface area contributed by atoms with Gasteiger partial charge in [-0.05, 0) is 26.7 Å². The quantitative estimate of drug-likeness (QED) is 0.798. The summed E-state index contributed by atoms with van der Waals surface area (Å²) in [4.78, 5) is 4.34. The molecule has 1 saturated carbocycles. The van der Waals surface area contributed by atoms with Crippen molar-refractivity contribution in [3.05, 3.63) is 23.1 Å². The van der Waals surface area contributed by atoms with Crippen LogP contribution in [0.4, 0.5) is 0 Å². The first-order valence-corrected chi connectivity index (χ1v) is 8.48. The number of aromatic nitrogens is 4. The van der Waals surface area contributed by atoms with Gasteiger partial charge in [0.25, 0.3) is 9.05 Å². The smallest absolute Gasteiger partial charge is 0.264 e. The van der Waals surface area contributed by atoms with Gasteiger partial charge in [-0.1, -0.05) is 5.16 Å². The molecule has 2 aromatic heterocycles. The number of halogens is 1. The maximum atomic E-state index is 11.5. The Morgan fingerprint density at radius 3 is 2.65 bits per heavy atom. The molecule has 0 saturated heterocycles. The fourth-order valence-corrected chi connectivity index (χ4v) is 3.67. The van der Waals surface area contributed by atoms with E-state index in [0.29, 0.717) is 29.0 Å². The van der Waals surface area contributed by atoms with Gasteiger partial charge in [0.2, 0.25) is 5.89 Å². The summed E-state index contributed by atoms with van der Waals surface area (Å²) in [6, 6.07) is 0. The first-order valence-electron chi connectivity index (χ1n) is 6.17. The van der Waals surface area contributed by atoms with E-state index in [1.54, 1.807) is 13.8 Å². The van der Waals surface area contributed by atoms with Crippen LogP contribution in [0.25, 0.3) is 0 Å². The van der Waals surface area contributed by atoms with E-state index in [-0.39, 0.29) is 11.4 Å². The molecular weight excluding hydrogens is 304 g/mol. The summed E-state index contributed by atoms with van der Waals surface area (Å²) in [6.45, 7) is 3.51. The molecule has 0 bridgehead atoms. The number of hydrogen-bond donors (Lipinski definition) is 0. The highest BCUT2D eigenvalue weighted by atomic mass is 35.7. The third-order valence-corrected chi connectivity index (χ3v) is 4.80. The Bertz CT molecular complexity index is 761. The molecule has 1 fully saturated rings. The van der Waals surface area contributed by atoms with E-state index in [4.69, 9.17) is 15.2 Å². The first kappa shape index (κ1) is 13.6. The van der Waals surface area contributed by atoms with Crippen LogP contribution >= 0.6 is 10.7 Å². The van der Waals surface area contributed by atoms with Crippen molar-refractivity contribution in [1.29, 1.82) is 0 Å². The normalized spacial score (nSPS) is 15.8. The molecule has 9 heteroatoms. The fourth-order valence-electron chi connectivity index (χ4n) is 2.15. The van der Waals surface area contributed by atoms with Crippen LogP contribution in [0.3, 0.4) is 0 Å². The topological polar surface area (TPSA) is 90.9 Å². The molecular formula is C11H13ClN4O3S. The zero-order valence-corrected chi connectivity index (χ0v) is 12.6. The van der Waals surface area contributed by atoms with E-state index in [9.17, 15) is 8.42 Å². The van der Waals surface area contributed by atoms with Gasteiger partial charge in [0.1, 0.15) is 11.4 Å². The summed E-state index contributed by atoms with van der Waals surface area (Å²) in [5.74, 6) is 1.51. The van der Waals surface area contributed by atoms with E-state index in [1.807, 2.05) is 0 Å². The van der Waals surface area contributed by atoms with Crippen LogP contribution in [-0.2, 0) is 15.6 Å². The molecule has 2 aromatic rings. The van der Waals surface area contributed by atoms with Crippen LogP contribution in [0, 0.1) is 13.8 Å². The van der Waals surface area contributed by atoms with Crippen molar-refractivity contribution in [2.24, 2.45) is 0 Å². The van der Waals surface area contributed by atoms with Gasteiger partial charge in [0.15, 0.2) is 5.82 Å². The summed E-state index contributed by atoms with van der Waals surface area (Å²) in [6.07, 6.45) is 2.16. The van der Waals surface area contributed by atoms with E-state index in [0.717, 1.165) is 12.8 Å². The molecule has 20 heavy (non-hydrogen) atoms. The molecule has 0 atom stereocenters. The minimum atomic E-state index is -3.81. The monoisotopic (exact) mass is 316 g/mol. The van der Waals surface area contributed by atoms with Crippen molar-refractivity contribution in [3.8, 4) is 0 Å². The van der Waals surface area contributed by atoms with Crippen molar-refractivity contribution >= 4 is 19.7 Å². The number of rotatable bonds is 4. The molecule has 0 aromatic carbocycles. The average Bonchev–Trinajstić information content (AvgIpc) is 3.00. The van der Waals surface area contributed by atoms with E-state index in [1.165, 1.54) is 4.68 Å². The van der Waals surface area contributed by atoms with Gasteiger partial charge in [0.05, 0.1) is 11.4 Å². The summed E-state index contributed by atoms with van der Waals surface area (Å²) in [7, 11) is 1.60. The molecule has 1 aliphatic rings. The van der Waals surface area contributed by atoms with Crippen LogP contribution < -0.4 is 0 Å². The molecule has 0 N–H and O–H groups in total. The number of hydrogen-bond acceptors (Lipinski definition) is 6. The van der Waals surface area contributed by atoms with Gasteiger partial charge < -0.3 is 4.52 Å². The van der Waals surface area contributed by atoms with Crippen molar-refractivity contribution in [2.45, 2.75) is 44.0 Å². The molecule has 1 aliphatic carbocycles. The minimum Gasteiger partial charge on any atom is -0.339 e. The molecule has 0 aliphatic heterocycles. The Labute approximate surface area is 120 Å². The molecule has 0 radical (unpaired) electrons. The van der Waals surface area contributed by atoms with Crippen molar-refractivity contribution in [3.63, 3.8) is 0 Å². The lowest BCUT2D eigenvalue weighted by Gasteiger charge is -2.00. The number of aryl methyl sites for hydroxylation is 1. The second-order valence-electron chi connectivity index (χ2n) is 4.92. The minimum absolute atomic E-state index is 0.0464.